The predicted octanol–water partition coefficient (Wildman–Crippen LogP) is 4.69. The number of carboxylic acids is 1. The molecule has 9 heteroatoms. The summed E-state index contributed by atoms with van der Waals surface area (Å²) in [7, 11) is 0. The molecule has 0 spiro atoms. The predicted molar refractivity (Wildman–Crippen MR) is 122 cm³/mol. The molecule has 4 aromatic rings. The first-order valence-electron chi connectivity index (χ1n) is 9.69. The van der Waals surface area contributed by atoms with Gasteiger partial charge in [0.25, 0.3) is 5.56 Å². The molecule has 0 saturated heterocycles. The van der Waals surface area contributed by atoms with Crippen LogP contribution in [-0.4, -0.2) is 32.2 Å². The highest BCUT2D eigenvalue weighted by molar-refractivity contribution is 6.31. The van der Waals surface area contributed by atoms with E-state index in [0.717, 1.165) is 15.8 Å². The number of aryl methyl sites for hydroxylation is 1. The number of aromatic nitrogens is 3. The van der Waals surface area contributed by atoms with Gasteiger partial charge in [-0.2, -0.15) is 0 Å². The van der Waals surface area contributed by atoms with Crippen LogP contribution in [0.25, 0.3) is 22.0 Å². The molecule has 0 aliphatic rings. The van der Waals surface area contributed by atoms with Crippen molar-refractivity contribution in [3.05, 3.63) is 87.1 Å². The lowest BCUT2D eigenvalue weighted by Gasteiger charge is -2.16. The number of carboxylic acid groups (broad SMARTS) is 1. The first kappa shape index (κ1) is 21.8. The molecule has 1 unspecified atom stereocenters. The van der Waals surface area contributed by atoms with Gasteiger partial charge in [0.05, 0.1) is 11.9 Å². The topological polar surface area (TPSA) is 94.3 Å². The van der Waals surface area contributed by atoms with Crippen LogP contribution in [-0.2, 0) is 11.3 Å². The molecule has 0 aliphatic heterocycles. The Bertz CT molecular complexity index is 1320. The van der Waals surface area contributed by atoms with Gasteiger partial charge in [-0.25, -0.2) is 9.48 Å². The third-order valence-electron chi connectivity index (χ3n) is 4.87. The van der Waals surface area contributed by atoms with Crippen molar-refractivity contribution in [1.29, 1.82) is 0 Å². The van der Waals surface area contributed by atoms with Crippen molar-refractivity contribution in [2.24, 2.45) is 0 Å². The fourth-order valence-corrected chi connectivity index (χ4v) is 3.49. The van der Waals surface area contributed by atoms with Crippen LogP contribution in [0.2, 0.25) is 10.0 Å². The molecule has 0 aliphatic carbocycles. The Labute approximate surface area is 192 Å². The SMILES string of the molecule is O=C(O)C(CCn1nnc2cc(Cl)ccc2c1=O)Oc1ccc(-c2ccc(Cl)cc2)cc1. The molecule has 1 atom stereocenters. The Morgan fingerprint density at radius 2 is 1.59 bits per heavy atom. The van der Waals surface area contributed by atoms with E-state index in [1.807, 2.05) is 24.3 Å². The second-order valence-corrected chi connectivity index (χ2v) is 7.92. The van der Waals surface area contributed by atoms with Crippen molar-refractivity contribution >= 4 is 40.1 Å². The van der Waals surface area contributed by atoms with Crippen molar-refractivity contribution in [3.63, 3.8) is 0 Å². The molecule has 0 bridgehead atoms. The van der Waals surface area contributed by atoms with Crippen LogP contribution in [0.5, 0.6) is 5.75 Å². The summed E-state index contributed by atoms with van der Waals surface area (Å²) in [6.45, 7) is 0.0320. The van der Waals surface area contributed by atoms with Gasteiger partial charge >= 0.3 is 5.97 Å². The summed E-state index contributed by atoms with van der Waals surface area (Å²) in [4.78, 5) is 24.3. The minimum atomic E-state index is -1.16. The fraction of sp³-hybridized carbons (Fsp3) is 0.130. The zero-order valence-corrected chi connectivity index (χ0v) is 18.1. The lowest BCUT2D eigenvalue weighted by Crippen LogP contribution is -2.32. The quantitative estimate of drug-likeness (QED) is 0.421. The van der Waals surface area contributed by atoms with Crippen LogP contribution in [0.1, 0.15) is 6.42 Å². The lowest BCUT2D eigenvalue weighted by atomic mass is 10.1. The summed E-state index contributed by atoms with van der Waals surface area (Å²) in [6.07, 6.45) is -1.13. The summed E-state index contributed by atoms with van der Waals surface area (Å²) in [5.41, 5.74) is 1.93. The van der Waals surface area contributed by atoms with Gasteiger partial charge in [0, 0.05) is 16.5 Å². The van der Waals surface area contributed by atoms with Crippen LogP contribution < -0.4 is 10.3 Å². The van der Waals surface area contributed by atoms with E-state index in [4.69, 9.17) is 27.9 Å². The molecule has 162 valence electrons. The smallest absolute Gasteiger partial charge is 0.344 e. The van der Waals surface area contributed by atoms with Crippen molar-refractivity contribution in [1.82, 2.24) is 15.0 Å². The summed E-state index contributed by atoms with van der Waals surface area (Å²) in [6, 6.07) is 19.2. The molecule has 1 N–H and O–H groups in total. The second kappa shape index (κ2) is 9.38. The van der Waals surface area contributed by atoms with Gasteiger partial charge < -0.3 is 9.84 Å². The Balaban J connectivity index is 1.46. The molecule has 1 aromatic heterocycles. The van der Waals surface area contributed by atoms with Gasteiger partial charge in [-0.3, -0.25) is 4.79 Å². The Hall–Kier alpha value is -3.42. The van der Waals surface area contributed by atoms with Crippen LogP contribution in [0, 0.1) is 0 Å². The van der Waals surface area contributed by atoms with Gasteiger partial charge in [0.1, 0.15) is 11.3 Å². The number of hydrogen-bond acceptors (Lipinski definition) is 5. The molecule has 0 radical (unpaired) electrons. The maximum absolute atomic E-state index is 12.6. The zero-order chi connectivity index (χ0) is 22.7. The number of ether oxygens (including phenoxy) is 1. The van der Waals surface area contributed by atoms with Crippen molar-refractivity contribution in [2.75, 3.05) is 0 Å². The monoisotopic (exact) mass is 469 g/mol. The van der Waals surface area contributed by atoms with Gasteiger partial charge in [0.15, 0.2) is 6.10 Å². The Morgan fingerprint density at radius 3 is 2.25 bits per heavy atom. The van der Waals surface area contributed by atoms with Crippen LogP contribution in [0.3, 0.4) is 0 Å². The largest absolute Gasteiger partial charge is 0.479 e. The average molecular weight is 470 g/mol. The number of aliphatic carboxylic acids is 1. The first-order chi connectivity index (χ1) is 15.4. The Morgan fingerprint density at radius 1 is 0.969 bits per heavy atom. The normalized spacial score (nSPS) is 11.9. The highest BCUT2D eigenvalue weighted by atomic mass is 35.5. The van der Waals surface area contributed by atoms with Crippen molar-refractivity contribution in [2.45, 2.75) is 19.1 Å². The molecule has 3 aromatic carbocycles. The summed E-state index contributed by atoms with van der Waals surface area (Å²) >= 11 is 11.8. The number of halogens is 2. The molecule has 32 heavy (non-hydrogen) atoms. The first-order valence-corrected chi connectivity index (χ1v) is 10.4. The minimum Gasteiger partial charge on any atom is -0.479 e. The van der Waals surface area contributed by atoms with Gasteiger partial charge in [-0.15, -0.1) is 5.10 Å². The van der Waals surface area contributed by atoms with E-state index in [1.165, 1.54) is 0 Å². The van der Waals surface area contributed by atoms with E-state index in [9.17, 15) is 14.7 Å². The van der Waals surface area contributed by atoms with E-state index in [2.05, 4.69) is 10.3 Å². The van der Waals surface area contributed by atoms with E-state index >= 15 is 0 Å². The molecule has 0 saturated carbocycles. The highest BCUT2D eigenvalue weighted by Gasteiger charge is 2.20. The van der Waals surface area contributed by atoms with Crippen molar-refractivity contribution in [3.8, 4) is 16.9 Å². The average Bonchev–Trinajstić information content (AvgIpc) is 2.78. The van der Waals surface area contributed by atoms with Crippen molar-refractivity contribution < 1.29 is 14.6 Å². The standard InChI is InChI=1S/C23H17Cl2N3O4/c24-16-5-1-14(2-6-16)15-3-8-18(9-4-15)32-21(23(30)31)11-12-28-22(29)19-10-7-17(25)13-20(19)26-27-28/h1-10,13,21H,11-12H2,(H,30,31). The number of carbonyl (C=O) groups is 1. The zero-order valence-electron chi connectivity index (χ0n) is 16.6. The van der Waals surface area contributed by atoms with Crippen LogP contribution in [0.15, 0.2) is 71.5 Å². The van der Waals surface area contributed by atoms with Gasteiger partial charge in [-0.1, -0.05) is 52.7 Å². The molecule has 4 rings (SSSR count). The van der Waals surface area contributed by atoms with Gasteiger partial charge in [0.2, 0.25) is 0 Å². The molecule has 7 nitrogen and oxygen atoms in total. The Kier molecular flexibility index (Phi) is 6.39. The molecule has 0 amide bonds. The fourth-order valence-electron chi connectivity index (χ4n) is 3.20. The number of benzene rings is 3. The van der Waals surface area contributed by atoms with E-state index in [-0.39, 0.29) is 18.5 Å². The minimum absolute atomic E-state index is 0.0297. The molecule has 1 heterocycles. The number of nitrogens with zero attached hydrogens (tertiary/aromatic N) is 3. The van der Waals surface area contributed by atoms with Crippen LogP contribution in [0.4, 0.5) is 0 Å². The van der Waals surface area contributed by atoms with Gasteiger partial charge in [-0.05, 0) is 53.6 Å². The van der Waals surface area contributed by atoms with E-state index in [0.29, 0.717) is 26.7 Å². The summed E-state index contributed by atoms with van der Waals surface area (Å²) in [5, 5.41) is 18.9. The third-order valence-corrected chi connectivity index (χ3v) is 5.36. The van der Waals surface area contributed by atoms with E-state index in [1.54, 1.807) is 42.5 Å². The third kappa shape index (κ3) is 4.90. The maximum atomic E-state index is 12.6. The molecule has 0 fully saturated rings. The molecular weight excluding hydrogens is 453 g/mol. The second-order valence-electron chi connectivity index (χ2n) is 7.04. The molecular formula is C23H17Cl2N3O4. The van der Waals surface area contributed by atoms with E-state index < -0.39 is 12.1 Å². The van der Waals surface area contributed by atoms with Crippen LogP contribution >= 0.6 is 23.2 Å². The maximum Gasteiger partial charge on any atom is 0.344 e. The summed E-state index contributed by atoms with van der Waals surface area (Å²) < 4.78 is 6.77. The number of rotatable bonds is 7. The number of fused-ring (bicyclic) bond motifs is 1. The number of hydrogen-bond donors (Lipinski definition) is 1. The lowest BCUT2D eigenvalue weighted by molar-refractivity contribution is -0.145. The highest BCUT2D eigenvalue weighted by Crippen LogP contribution is 2.24. The summed E-state index contributed by atoms with van der Waals surface area (Å²) in [5.74, 6) is -0.734.